The molecule has 0 N–H and O–H groups in total. The summed E-state index contributed by atoms with van der Waals surface area (Å²) in [4.78, 5) is 0. The fourth-order valence-electron chi connectivity index (χ4n) is 5.14. The molecule has 262 valence electrons. The fraction of sp³-hybridized carbons (Fsp3) is 0.806. The Bertz CT molecular complexity index is 944. The number of hydrogen-bond acceptors (Lipinski definition) is 9. The van der Waals surface area contributed by atoms with Crippen LogP contribution in [-0.2, 0) is 40.1 Å². The molecule has 0 spiro atoms. The number of ether oxygens (including phenoxy) is 5. The highest BCUT2D eigenvalue weighted by molar-refractivity contribution is 6.96. The van der Waals surface area contributed by atoms with E-state index < -0.39 is 42.3 Å². The first-order valence-electron chi connectivity index (χ1n) is 16.8. The minimum absolute atomic E-state index is 0.0587. The molecule has 0 saturated carbocycles. The van der Waals surface area contributed by atoms with Crippen LogP contribution in [0.25, 0.3) is 0 Å². The number of epoxide rings is 1. The van der Waals surface area contributed by atoms with Gasteiger partial charge < -0.3 is 40.1 Å². The van der Waals surface area contributed by atoms with Crippen LogP contribution >= 0.6 is 0 Å². The molecule has 1 aliphatic heterocycles. The third-order valence-corrected chi connectivity index (χ3v) is 24.6. The van der Waals surface area contributed by atoms with Crippen molar-refractivity contribution in [2.75, 3.05) is 52.5 Å². The molecule has 1 fully saturated rings. The van der Waals surface area contributed by atoms with Gasteiger partial charge in [-0.25, -0.2) is 0 Å². The van der Waals surface area contributed by atoms with E-state index in [1.807, 2.05) is 13.0 Å². The summed E-state index contributed by atoms with van der Waals surface area (Å²) in [5.41, 5.74) is 0. The van der Waals surface area contributed by atoms with Crippen molar-refractivity contribution in [2.45, 2.75) is 110 Å². The number of benzene rings is 1. The lowest BCUT2D eigenvalue weighted by Crippen LogP contribution is -2.68. The van der Waals surface area contributed by atoms with Crippen molar-refractivity contribution >= 4 is 47.5 Å². The van der Waals surface area contributed by atoms with E-state index in [0.717, 1.165) is 43.7 Å². The molecule has 0 radical (unpaired) electrons. The van der Waals surface area contributed by atoms with Crippen molar-refractivity contribution in [2.24, 2.45) is 0 Å². The van der Waals surface area contributed by atoms with Gasteiger partial charge in [0.2, 0.25) is 0 Å². The van der Waals surface area contributed by atoms with Gasteiger partial charge in [-0.2, -0.15) is 0 Å². The number of hydrogen-bond donors (Lipinski definition) is 0. The van der Waals surface area contributed by atoms with Gasteiger partial charge in [-0.3, -0.25) is 0 Å². The first-order chi connectivity index (χ1) is 21.0. The van der Waals surface area contributed by atoms with Crippen molar-refractivity contribution in [3.63, 3.8) is 0 Å². The summed E-state index contributed by atoms with van der Waals surface area (Å²) in [6.45, 7) is 28.3. The molecule has 1 aromatic rings. The molecular weight excluding hydrogens is 657 g/mol. The molecule has 0 aliphatic carbocycles. The minimum Gasteiger partial charge on any atom is -0.437 e. The standard InChI is InChI=1S/C31H64O9Si5/c1-12-13-21-35-29(2)25-33-22-23-34-28-45(38-42(6,7)8,31-18-15-14-16-19-31)40-44(11,24-17-20-32-26-30-27-36-30)39-43(9,10)37-41(3,4)5/h14-16,18-19,29-30H,12-13,17,20-28H2,1-11H3. The van der Waals surface area contributed by atoms with E-state index in [1.54, 1.807) is 0 Å². The van der Waals surface area contributed by atoms with Crippen molar-refractivity contribution in [1.29, 1.82) is 0 Å². The average Bonchev–Trinajstić information content (AvgIpc) is 3.73. The maximum atomic E-state index is 7.45. The third kappa shape index (κ3) is 18.3. The molecule has 1 saturated heterocycles. The van der Waals surface area contributed by atoms with E-state index in [0.29, 0.717) is 39.3 Å². The predicted octanol–water partition coefficient (Wildman–Crippen LogP) is 6.43. The van der Waals surface area contributed by atoms with Crippen molar-refractivity contribution in [3.8, 4) is 0 Å². The van der Waals surface area contributed by atoms with Crippen LogP contribution < -0.4 is 5.19 Å². The van der Waals surface area contributed by atoms with Crippen LogP contribution in [0.5, 0.6) is 0 Å². The lowest BCUT2D eigenvalue weighted by atomic mass is 10.3. The van der Waals surface area contributed by atoms with Crippen molar-refractivity contribution in [1.82, 2.24) is 0 Å². The second kappa shape index (κ2) is 19.2. The summed E-state index contributed by atoms with van der Waals surface area (Å²) in [6.07, 6.45) is 3.67. The van der Waals surface area contributed by atoms with Crippen LogP contribution in [0.3, 0.4) is 0 Å². The van der Waals surface area contributed by atoms with E-state index in [4.69, 9.17) is 40.1 Å². The molecule has 1 aliphatic rings. The van der Waals surface area contributed by atoms with Gasteiger partial charge in [0.1, 0.15) is 6.10 Å². The van der Waals surface area contributed by atoms with Gasteiger partial charge >= 0.3 is 25.7 Å². The topological polar surface area (TPSA) is 86.4 Å². The van der Waals surface area contributed by atoms with Crippen LogP contribution in [0.1, 0.15) is 33.1 Å². The molecule has 2 rings (SSSR count). The first-order valence-corrected chi connectivity index (χ1v) is 31.0. The summed E-state index contributed by atoms with van der Waals surface area (Å²) < 4.78 is 57.7. The van der Waals surface area contributed by atoms with Gasteiger partial charge in [-0.1, -0.05) is 43.7 Å². The maximum absolute atomic E-state index is 7.45. The van der Waals surface area contributed by atoms with Gasteiger partial charge in [-0.05, 0) is 89.9 Å². The third-order valence-electron chi connectivity index (χ3n) is 6.62. The summed E-state index contributed by atoms with van der Waals surface area (Å²) >= 11 is 0. The Morgan fingerprint density at radius 1 is 0.756 bits per heavy atom. The van der Waals surface area contributed by atoms with E-state index >= 15 is 0 Å². The minimum atomic E-state index is -3.17. The molecule has 4 atom stereocenters. The smallest absolute Gasteiger partial charge is 0.380 e. The zero-order valence-corrected chi connectivity index (χ0v) is 35.2. The largest absolute Gasteiger partial charge is 0.437 e. The lowest BCUT2D eigenvalue weighted by molar-refractivity contribution is -0.0219. The molecule has 0 bridgehead atoms. The zero-order valence-electron chi connectivity index (χ0n) is 30.2. The van der Waals surface area contributed by atoms with Crippen molar-refractivity contribution < 1.29 is 40.1 Å². The Morgan fingerprint density at radius 2 is 1.40 bits per heavy atom. The Balaban J connectivity index is 2.27. The summed E-state index contributed by atoms with van der Waals surface area (Å²) in [5, 5.41) is 1.06. The second-order valence-corrected chi connectivity index (χ2v) is 34.2. The van der Waals surface area contributed by atoms with E-state index in [1.165, 1.54) is 0 Å². The number of unbranched alkanes of at least 4 members (excludes halogenated alkanes) is 1. The van der Waals surface area contributed by atoms with Gasteiger partial charge in [0.15, 0.2) is 16.6 Å². The molecular formula is C31H64O9Si5. The Labute approximate surface area is 279 Å². The Kier molecular flexibility index (Phi) is 17.6. The van der Waals surface area contributed by atoms with E-state index in [9.17, 15) is 0 Å². The predicted molar refractivity (Wildman–Crippen MR) is 194 cm³/mol. The normalized spacial score (nSPS) is 19.2. The zero-order chi connectivity index (χ0) is 33.6. The molecule has 9 nitrogen and oxygen atoms in total. The van der Waals surface area contributed by atoms with Crippen LogP contribution in [0.2, 0.25) is 65.0 Å². The van der Waals surface area contributed by atoms with Crippen LogP contribution in [0.4, 0.5) is 0 Å². The Hall–Kier alpha value is -0.0556. The number of rotatable bonds is 26. The summed E-state index contributed by atoms with van der Waals surface area (Å²) in [7, 11) is -12.6. The van der Waals surface area contributed by atoms with Gasteiger partial charge in [0.05, 0.1) is 45.4 Å². The van der Waals surface area contributed by atoms with Gasteiger partial charge in [0.25, 0.3) is 0 Å². The highest BCUT2D eigenvalue weighted by Gasteiger charge is 2.52. The molecule has 0 aromatic heterocycles. The van der Waals surface area contributed by atoms with Crippen LogP contribution in [0.15, 0.2) is 30.3 Å². The molecule has 0 amide bonds. The summed E-state index contributed by atoms with van der Waals surface area (Å²) in [6, 6.07) is 11.1. The molecule has 4 unspecified atom stereocenters. The average molecular weight is 721 g/mol. The van der Waals surface area contributed by atoms with Crippen molar-refractivity contribution in [3.05, 3.63) is 30.3 Å². The van der Waals surface area contributed by atoms with Crippen LogP contribution in [0, 0.1) is 0 Å². The molecule has 1 heterocycles. The Morgan fingerprint density at radius 3 is 2.00 bits per heavy atom. The van der Waals surface area contributed by atoms with Crippen LogP contribution in [-0.4, -0.2) is 107 Å². The molecule has 1 aromatic carbocycles. The first kappa shape index (κ1) is 41.1. The maximum Gasteiger partial charge on any atom is 0.380 e. The monoisotopic (exact) mass is 720 g/mol. The van der Waals surface area contributed by atoms with Gasteiger partial charge in [0, 0.05) is 13.2 Å². The SMILES string of the molecule is CCCCOC(C)COCCOC[Si](O[Si](C)(C)C)(O[Si](C)(CCCOCC1CO1)O[Si](C)(C)O[Si](C)(C)C)c1ccccc1. The van der Waals surface area contributed by atoms with Gasteiger partial charge in [-0.15, -0.1) is 0 Å². The lowest BCUT2D eigenvalue weighted by Gasteiger charge is -2.45. The summed E-state index contributed by atoms with van der Waals surface area (Å²) in [5.74, 6) is 0. The quantitative estimate of drug-likeness (QED) is 0.0611. The fourth-order valence-corrected chi connectivity index (χ4v) is 27.9. The van der Waals surface area contributed by atoms with E-state index in [2.05, 4.69) is 90.1 Å². The molecule has 14 heteroatoms. The second-order valence-electron chi connectivity index (χ2n) is 14.6. The van der Waals surface area contributed by atoms with E-state index in [-0.39, 0.29) is 12.2 Å². The highest BCUT2D eigenvalue weighted by Crippen LogP contribution is 2.30. The highest BCUT2D eigenvalue weighted by atomic mass is 28.5. The molecule has 45 heavy (non-hydrogen) atoms.